The van der Waals surface area contributed by atoms with Crippen LogP contribution in [0.25, 0.3) is 10.8 Å². The van der Waals surface area contributed by atoms with Crippen molar-refractivity contribution >= 4 is 38.5 Å². The Hall–Kier alpha value is -1.66. The van der Waals surface area contributed by atoms with Crippen LogP contribution in [-0.4, -0.2) is 47.7 Å². The van der Waals surface area contributed by atoms with Gasteiger partial charge < -0.3 is 4.74 Å². The van der Waals surface area contributed by atoms with Crippen LogP contribution in [0.1, 0.15) is 12.8 Å². The van der Waals surface area contributed by atoms with Crippen molar-refractivity contribution in [3.63, 3.8) is 0 Å². The molecule has 24 heavy (non-hydrogen) atoms. The predicted molar refractivity (Wildman–Crippen MR) is 98.3 cm³/mol. The summed E-state index contributed by atoms with van der Waals surface area (Å²) in [5, 5.41) is 5.47. The van der Waals surface area contributed by atoms with Gasteiger partial charge in [0.05, 0.1) is 0 Å². The Balaban J connectivity index is 1.31. The summed E-state index contributed by atoms with van der Waals surface area (Å²) in [6, 6.07) is 8.76. The summed E-state index contributed by atoms with van der Waals surface area (Å²) in [5.74, 6) is 1.45. The molecule has 2 aliphatic heterocycles. The number of nitrogens with one attached hydrogen (secondary N) is 1. The second-order valence-electron chi connectivity index (χ2n) is 6.98. The van der Waals surface area contributed by atoms with Gasteiger partial charge in [-0.05, 0) is 36.4 Å². The fourth-order valence-electron chi connectivity index (χ4n) is 4.32. The first-order valence-electron chi connectivity index (χ1n) is 8.39. The van der Waals surface area contributed by atoms with Crippen LogP contribution in [0.15, 0.2) is 39.9 Å². The molecule has 0 radical (unpaired) electrons. The first-order valence-corrected chi connectivity index (χ1v) is 9.18. The van der Waals surface area contributed by atoms with Crippen LogP contribution in [0.3, 0.4) is 0 Å². The van der Waals surface area contributed by atoms with E-state index >= 15 is 0 Å². The predicted octanol–water partition coefficient (Wildman–Crippen LogP) is 3.26. The summed E-state index contributed by atoms with van der Waals surface area (Å²) >= 11 is 3.49. The van der Waals surface area contributed by atoms with Crippen LogP contribution >= 0.6 is 15.9 Å². The molecule has 2 unspecified atom stereocenters. The van der Waals surface area contributed by atoms with Gasteiger partial charge in [-0.1, -0.05) is 22.0 Å². The molecule has 1 aromatic carbocycles. The van der Waals surface area contributed by atoms with Crippen molar-refractivity contribution in [2.45, 2.75) is 24.5 Å². The lowest BCUT2D eigenvalue weighted by atomic mass is 10.0. The molecule has 1 spiro atoms. The average molecular weight is 387 g/mol. The van der Waals surface area contributed by atoms with Crippen molar-refractivity contribution in [1.29, 1.82) is 0 Å². The molecule has 124 valence electrons. The zero-order valence-electron chi connectivity index (χ0n) is 13.5. The van der Waals surface area contributed by atoms with Gasteiger partial charge in [0.1, 0.15) is 11.9 Å². The molecule has 3 aliphatic rings. The molecule has 2 aromatic rings. The third kappa shape index (κ3) is 2.16. The Kier molecular flexibility index (Phi) is 3.16. The summed E-state index contributed by atoms with van der Waals surface area (Å²) in [6.07, 6.45) is 4.76. The van der Waals surface area contributed by atoms with E-state index in [0.29, 0.717) is 17.5 Å². The van der Waals surface area contributed by atoms with Gasteiger partial charge in [0.2, 0.25) is 0 Å². The zero-order valence-corrected chi connectivity index (χ0v) is 15.1. The molecular formula is C18H19BrN4O. The van der Waals surface area contributed by atoms with Gasteiger partial charge in [-0.25, -0.2) is 9.98 Å². The molecule has 2 saturated heterocycles. The molecule has 1 aliphatic carbocycles. The quantitative estimate of drug-likeness (QED) is 0.635. The summed E-state index contributed by atoms with van der Waals surface area (Å²) in [5.41, 5.74) is 0.498. The molecule has 6 heteroatoms. The highest BCUT2D eigenvalue weighted by Crippen LogP contribution is 2.63. The van der Waals surface area contributed by atoms with Gasteiger partial charge in [-0.3, -0.25) is 10.2 Å². The number of anilines is 1. The number of halogens is 1. The zero-order chi connectivity index (χ0) is 16.3. The number of aromatic nitrogens is 1. The molecule has 1 saturated carbocycles. The van der Waals surface area contributed by atoms with Crippen molar-refractivity contribution in [1.82, 2.24) is 9.88 Å². The van der Waals surface area contributed by atoms with Crippen molar-refractivity contribution in [3.05, 3.63) is 34.9 Å². The van der Waals surface area contributed by atoms with E-state index in [0.717, 1.165) is 27.6 Å². The monoisotopic (exact) mass is 386 g/mol. The number of rotatable bonds is 2. The summed E-state index contributed by atoms with van der Waals surface area (Å²) in [7, 11) is 1.76. The minimum absolute atomic E-state index is 0.259. The molecule has 5 rings (SSSR count). The van der Waals surface area contributed by atoms with Gasteiger partial charge in [0, 0.05) is 47.6 Å². The maximum absolute atomic E-state index is 6.17. The van der Waals surface area contributed by atoms with Crippen molar-refractivity contribution in [2.75, 3.05) is 25.5 Å². The van der Waals surface area contributed by atoms with E-state index in [9.17, 15) is 0 Å². The Labute approximate surface area is 149 Å². The Morgan fingerprint density at radius 2 is 2.33 bits per heavy atom. The number of aliphatic imine (C=N–C) groups is 1. The number of pyridine rings is 1. The van der Waals surface area contributed by atoms with Crippen LogP contribution in [0.5, 0.6) is 0 Å². The molecule has 0 amide bonds. The van der Waals surface area contributed by atoms with E-state index in [4.69, 9.17) is 4.74 Å². The Morgan fingerprint density at radius 1 is 1.42 bits per heavy atom. The van der Waals surface area contributed by atoms with Gasteiger partial charge in [0.15, 0.2) is 0 Å². The molecule has 1 N–H and O–H groups in total. The van der Waals surface area contributed by atoms with Crippen molar-refractivity contribution < 1.29 is 4.74 Å². The molecule has 1 aromatic heterocycles. The maximum Gasteiger partial charge on any atom is 0.290 e. The lowest BCUT2D eigenvalue weighted by molar-refractivity contribution is 0.0814. The molecule has 3 heterocycles. The minimum atomic E-state index is 0.259. The highest BCUT2D eigenvalue weighted by Gasteiger charge is 2.71. The highest BCUT2D eigenvalue weighted by molar-refractivity contribution is 9.10. The van der Waals surface area contributed by atoms with E-state index in [2.05, 4.69) is 48.3 Å². The van der Waals surface area contributed by atoms with E-state index < -0.39 is 0 Å². The van der Waals surface area contributed by atoms with Gasteiger partial charge in [-0.2, -0.15) is 0 Å². The molecule has 3 fully saturated rings. The van der Waals surface area contributed by atoms with Crippen molar-refractivity contribution in [3.8, 4) is 0 Å². The van der Waals surface area contributed by atoms with Gasteiger partial charge in [0.25, 0.3) is 6.02 Å². The number of piperidine rings is 1. The summed E-state index contributed by atoms with van der Waals surface area (Å²) < 4.78 is 7.23. The number of fused-ring (bicyclic) bond motifs is 1. The number of hydrogen-bond acceptors (Lipinski definition) is 4. The number of nitrogens with zero attached hydrogens (tertiary/aromatic N) is 3. The number of ether oxygens (including phenoxy) is 1. The molecule has 3 atom stereocenters. The smallest absolute Gasteiger partial charge is 0.290 e. The number of hydrogen-bond donors (Lipinski definition) is 1. The van der Waals surface area contributed by atoms with E-state index in [1.54, 1.807) is 7.05 Å². The van der Waals surface area contributed by atoms with E-state index in [1.807, 2.05) is 18.3 Å². The maximum atomic E-state index is 6.17. The van der Waals surface area contributed by atoms with Gasteiger partial charge in [-0.15, -0.1) is 0 Å². The third-order valence-corrected chi connectivity index (χ3v) is 6.28. The fourth-order valence-corrected chi connectivity index (χ4v) is 4.70. The summed E-state index contributed by atoms with van der Waals surface area (Å²) in [6.45, 7) is 2.26. The summed E-state index contributed by atoms with van der Waals surface area (Å²) in [4.78, 5) is 11.3. The molecule has 5 nitrogen and oxygen atoms in total. The van der Waals surface area contributed by atoms with Crippen molar-refractivity contribution in [2.24, 2.45) is 10.9 Å². The first kappa shape index (κ1) is 14.7. The number of amidine groups is 1. The molecule has 0 bridgehead atoms. The third-order valence-electron chi connectivity index (χ3n) is 5.78. The van der Waals surface area contributed by atoms with Crippen LogP contribution in [-0.2, 0) is 4.74 Å². The number of benzene rings is 1. The van der Waals surface area contributed by atoms with E-state index in [-0.39, 0.29) is 6.10 Å². The highest BCUT2D eigenvalue weighted by atomic mass is 79.9. The Morgan fingerprint density at radius 3 is 3.00 bits per heavy atom. The second kappa shape index (κ2) is 5.17. The van der Waals surface area contributed by atoms with Crippen LogP contribution in [0, 0.1) is 5.92 Å². The Bertz CT molecular complexity index is 854. The second-order valence-corrected chi connectivity index (χ2v) is 7.90. The van der Waals surface area contributed by atoms with Crippen LogP contribution < -0.4 is 5.32 Å². The van der Waals surface area contributed by atoms with Gasteiger partial charge >= 0.3 is 0 Å². The largest absolute Gasteiger partial charge is 0.460 e. The standard InChI is InChI=1S/C18H19BrN4O/c1-20-17(24-15-10-23-5-4-18(23)8-14(15)18)22-16-7-11-2-3-13(19)6-12(11)9-21-16/h2-3,6-7,9,14-15H,4-5,8,10H2,1H3,(H,20,21,22)/t14?,15-,18?/m0/s1. The first-order chi connectivity index (χ1) is 11.7. The topological polar surface area (TPSA) is 49.8 Å². The molecular weight excluding hydrogens is 368 g/mol. The minimum Gasteiger partial charge on any atom is -0.460 e. The van der Waals surface area contributed by atoms with Crippen LogP contribution in [0.4, 0.5) is 5.82 Å². The van der Waals surface area contributed by atoms with Crippen LogP contribution in [0.2, 0.25) is 0 Å². The van der Waals surface area contributed by atoms with E-state index in [1.165, 1.54) is 19.4 Å². The normalized spacial score (nSPS) is 31.3. The average Bonchev–Trinajstić information content (AvgIpc) is 3.30. The lowest BCUT2D eigenvalue weighted by Crippen LogP contribution is -2.48. The fraction of sp³-hybridized carbons (Fsp3) is 0.444. The lowest BCUT2D eigenvalue weighted by Gasteiger charge is -2.38. The SMILES string of the molecule is CN=C(Nc1cc2ccc(Br)cc2cn1)O[C@H]1CN2CCC23CC13.